The lowest BCUT2D eigenvalue weighted by Crippen LogP contribution is -1.95. The van der Waals surface area contributed by atoms with Crippen molar-refractivity contribution in [1.29, 1.82) is 0 Å². The van der Waals surface area contributed by atoms with Gasteiger partial charge in [-0.1, -0.05) is 45.2 Å². The van der Waals surface area contributed by atoms with Crippen LogP contribution in [0.5, 0.6) is 0 Å². The average Bonchev–Trinajstić information content (AvgIpc) is 2.30. The maximum Gasteiger partial charge on any atom is 0.0850 e. The second-order valence-corrected chi connectivity index (χ2v) is 6.29. The fraction of sp³-hybridized carbons (Fsp3) is 0.143. The Kier molecular flexibility index (Phi) is 4.60. The van der Waals surface area contributed by atoms with E-state index in [1.165, 1.54) is 0 Å². The molecule has 0 fully saturated rings. The van der Waals surface area contributed by atoms with Crippen LogP contribution in [0.4, 0.5) is 0 Å². The molecule has 0 saturated carbocycles. The van der Waals surface area contributed by atoms with Gasteiger partial charge in [-0.15, -0.1) is 11.6 Å². The fourth-order valence-electron chi connectivity index (χ4n) is 1.80. The summed E-state index contributed by atoms with van der Waals surface area (Å²) in [6.07, 6.45) is 0. The standard InChI is InChI=1S/C14H10BrCl3/c1-8-4-9(6-10(15)5-8)14(18)12-7-11(16)2-3-13(12)17/h2-7,14H,1H3. The number of halogens is 4. The molecule has 0 radical (unpaired) electrons. The predicted octanol–water partition coefficient (Wildman–Crippen LogP) is 6.39. The van der Waals surface area contributed by atoms with Crippen molar-refractivity contribution >= 4 is 50.7 Å². The number of hydrogen-bond acceptors (Lipinski definition) is 0. The van der Waals surface area contributed by atoms with Gasteiger partial charge in [0.15, 0.2) is 0 Å². The van der Waals surface area contributed by atoms with Crippen LogP contribution >= 0.6 is 50.7 Å². The molecule has 0 N–H and O–H groups in total. The number of rotatable bonds is 2. The van der Waals surface area contributed by atoms with Crippen molar-refractivity contribution in [3.8, 4) is 0 Å². The van der Waals surface area contributed by atoms with Crippen LogP contribution in [0.25, 0.3) is 0 Å². The van der Waals surface area contributed by atoms with Gasteiger partial charge in [0, 0.05) is 14.5 Å². The molecule has 2 rings (SSSR count). The van der Waals surface area contributed by atoms with E-state index in [2.05, 4.69) is 15.9 Å². The van der Waals surface area contributed by atoms with Gasteiger partial charge in [-0.05, 0) is 53.9 Å². The fourth-order valence-corrected chi connectivity index (χ4v) is 3.19. The third-order valence-electron chi connectivity index (χ3n) is 2.59. The van der Waals surface area contributed by atoms with Crippen LogP contribution in [0.15, 0.2) is 40.9 Å². The van der Waals surface area contributed by atoms with Crippen LogP contribution < -0.4 is 0 Å². The Balaban J connectivity index is 2.47. The molecule has 0 aliphatic heterocycles. The second-order valence-electron chi connectivity index (χ2n) is 4.09. The van der Waals surface area contributed by atoms with Crippen LogP contribution in [0.2, 0.25) is 10.0 Å². The van der Waals surface area contributed by atoms with Gasteiger partial charge in [0.25, 0.3) is 0 Å². The first-order valence-corrected chi connectivity index (χ1v) is 7.32. The van der Waals surface area contributed by atoms with Crippen LogP contribution in [0.3, 0.4) is 0 Å². The average molecular weight is 364 g/mol. The van der Waals surface area contributed by atoms with E-state index in [4.69, 9.17) is 34.8 Å². The van der Waals surface area contributed by atoms with Gasteiger partial charge in [-0.2, -0.15) is 0 Å². The molecule has 2 aromatic rings. The molecule has 2 aromatic carbocycles. The van der Waals surface area contributed by atoms with E-state index >= 15 is 0 Å². The molecule has 0 spiro atoms. The Bertz CT molecular complexity index is 561. The highest BCUT2D eigenvalue weighted by molar-refractivity contribution is 9.10. The summed E-state index contributed by atoms with van der Waals surface area (Å²) in [6, 6.07) is 11.4. The minimum absolute atomic E-state index is 0.313. The highest BCUT2D eigenvalue weighted by Gasteiger charge is 2.15. The number of alkyl halides is 1. The molecule has 0 nitrogen and oxygen atoms in total. The first kappa shape index (κ1) is 14.2. The SMILES string of the molecule is Cc1cc(Br)cc(C(Cl)c2cc(Cl)ccc2Cl)c1. The van der Waals surface area contributed by atoms with Crippen LogP contribution in [-0.4, -0.2) is 0 Å². The maximum atomic E-state index is 6.49. The maximum absolute atomic E-state index is 6.49. The highest BCUT2D eigenvalue weighted by atomic mass is 79.9. The van der Waals surface area contributed by atoms with Crippen LogP contribution in [-0.2, 0) is 0 Å². The summed E-state index contributed by atoms with van der Waals surface area (Å²) < 4.78 is 1.00. The summed E-state index contributed by atoms with van der Waals surface area (Å²) in [4.78, 5) is 0. The molecule has 1 unspecified atom stereocenters. The van der Waals surface area contributed by atoms with Crippen molar-refractivity contribution in [2.45, 2.75) is 12.3 Å². The number of aryl methyl sites for hydroxylation is 1. The van der Waals surface area contributed by atoms with Crippen molar-refractivity contribution in [2.75, 3.05) is 0 Å². The van der Waals surface area contributed by atoms with Crippen molar-refractivity contribution < 1.29 is 0 Å². The lowest BCUT2D eigenvalue weighted by molar-refractivity contribution is 1.13. The zero-order valence-electron chi connectivity index (χ0n) is 9.55. The Morgan fingerprint density at radius 3 is 2.44 bits per heavy atom. The van der Waals surface area contributed by atoms with Crippen LogP contribution in [0.1, 0.15) is 22.1 Å². The third-order valence-corrected chi connectivity index (χ3v) is 4.11. The molecule has 0 heterocycles. The summed E-state index contributed by atoms with van der Waals surface area (Å²) in [5.74, 6) is 0. The number of benzene rings is 2. The largest absolute Gasteiger partial charge is 0.113 e. The molecule has 0 amide bonds. The van der Waals surface area contributed by atoms with E-state index in [0.717, 1.165) is 21.2 Å². The van der Waals surface area contributed by atoms with Gasteiger partial charge in [-0.3, -0.25) is 0 Å². The van der Waals surface area contributed by atoms with Gasteiger partial charge in [0.1, 0.15) is 0 Å². The van der Waals surface area contributed by atoms with Gasteiger partial charge in [-0.25, -0.2) is 0 Å². The van der Waals surface area contributed by atoms with Crippen molar-refractivity contribution in [2.24, 2.45) is 0 Å². The van der Waals surface area contributed by atoms with Gasteiger partial charge < -0.3 is 0 Å². The second kappa shape index (κ2) is 5.83. The molecule has 0 bridgehead atoms. The Morgan fingerprint density at radius 1 is 1.06 bits per heavy atom. The summed E-state index contributed by atoms with van der Waals surface area (Å²) in [5, 5.41) is 0.941. The monoisotopic (exact) mass is 362 g/mol. The van der Waals surface area contributed by atoms with E-state index < -0.39 is 0 Å². The molecule has 4 heteroatoms. The third kappa shape index (κ3) is 3.21. The van der Waals surface area contributed by atoms with Gasteiger partial charge >= 0.3 is 0 Å². The van der Waals surface area contributed by atoms with Crippen molar-refractivity contribution in [3.63, 3.8) is 0 Å². The van der Waals surface area contributed by atoms with E-state index in [1.54, 1.807) is 18.2 Å². The quantitative estimate of drug-likeness (QED) is 0.541. The first-order chi connectivity index (χ1) is 8.47. The van der Waals surface area contributed by atoms with E-state index in [9.17, 15) is 0 Å². The normalized spacial score (nSPS) is 12.5. The molecule has 0 aromatic heterocycles. The molecule has 0 saturated heterocycles. The Morgan fingerprint density at radius 2 is 1.78 bits per heavy atom. The molecule has 18 heavy (non-hydrogen) atoms. The smallest absolute Gasteiger partial charge is 0.0850 e. The lowest BCUT2D eigenvalue weighted by Gasteiger charge is -2.14. The van der Waals surface area contributed by atoms with E-state index in [0.29, 0.717) is 10.0 Å². The molecular formula is C14H10BrCl3. The molecule has 94 valence electrons. The topological polar surface area (TPSA) is 0 Å². The molecule has 0 aliphatic carbocycles. The predicted molar refractivity (Wildman–Crippen MR) is 83.0 cm³/mol. The molecule has 1 atom stereocenters. The highest BCUT2D eigenvalue weighted by Crippen LogP contribution is 2.36. The minimum atomic E-state index is -0.313. The first-order valence-electron chi connectivity index (χ1n) is 5.33. The summed E-state index contributed by atoms with van der Waals surface area (Å²) >= 11 is 22.1. The lowest BCUT2D eigenvalue weighted by atomic mass is 10.0. The van der Waals surface area contributed by atoms with Gasteiger partial charge in [0.05, 0.1) is 5.38 Å². The van der Waals surface area contributed by atoms with Crippen molar-refractivity contribution in [3.05, 3.63) is 67.6 Å². The zero-order valence-corrected chi connectivity index (χ0v) is 13.4. The minimum Gasteiger partial charge on any atom is -0.113 e. The summed E-state index contributed by atoms with van der Waals surface area (Å²) in [7, 11) is 0. The Hall–Kier alpha value is -0.210. The van der Waals surface area contributed by atoms with E-state index in [-0.39, 0.29) is 5.38 Å². The van der Waals surface area contributed by atoms with Crippen molar-refractivity contribution in [1.82, 2.24) is 0 Å². The summed E-state index contributed by atoms with van der Waals surface area (Å²) in [5.41, 5.74) is 2.96. The zero-order chi connectivity index (χ0) is 13.3. The summed E-state index contributed by atoms with van der Waals surface area (Å²) in [6.45, 7) is 2.03. The van der Waals surface area contributed by atoms with E-state index in [1.807, 2.05) is 25.1 Å². The van der Waals surface area contributed by atoms with Crippen LogP contribution in [0, 0.1) is 6.92 Å². The van der Waals surface area contributed by atoms with Gasteiger partial charge in [0.2, 0.25) is 0 Å². The molecule has 0 aliphatic rings. The Labute approximate surface area is 130 Å². The molecular weight excluding hydrogens is 354 g/mol. The number of hydrogen-bond donors (Lipinski definition) is 0.